The lowest BCUT2D eigenvalue weighted by Gasteiger charge is -2.40. The predicted molar refractivity (Wildman–Crippen MR) is 89.2 cm³/mol. The third-order valence-corrected chi connectivity index (χ3v) is 4.67. The average Bonchev–Trinajstić information content (AvgIpc) is 2.43. The van der Waals surface area contributed by atoms with Crippen LogP contribution in [0.3, 0.4) is 0 Å². The van der Waals surface area contributed by atoms with Gasteiger partial charge in [-0.3, -0.25) is 9.59 Å². The van der Waals surface area contributed by atoms with Crippen molar-refractivity contribution in [1.29, 1.82) is 0 Å². The van der Waals surface area contributed by atoms with Crippen LogP contribution in [-0.2, 0) is 9.59 Å². The standard InChI is InChI=1S/C17H33N3O2/c1-11(2)15(18)16(22)19-10-14(21)20-13-9-7-6-8-12(13)17(3,4)5/h11-13,15H,6-10,18H2,1-5H3,(H,19,22)(H,20,21)/t12?,13?,15-/m0/s1. The van der Waals surface area contributed by atoms with E-state index >= 15 is 0 Å². The first-order valence-corrected chi connectivity index (χ1v) is 8.45. The van der Waals surface area contributed by atoms with Crippen LogP contribution in [0.1, 0.15) is 60.3 Å². The molecule has 1 aliphatic rings. The summed E-state index contributed by atoms with van der Waals surface area (Å²) in [6.45, 7) is 10.5. The van der Waals surface area contributed by atoms with Gasteiger partial charge in [0, 0.05) is 6.04 Å². The molecule has 0 bridgehead atoms. The number of rotatable bonds is 5. The molecule has 0 aromatic heterocycles. The highest BCUT2D eigenvalue weighted by Crippen LogP contribution is 2.37. The van der Waals surface area contributed by atoms with Crippen LogP contribution in [0.5, 0.6) is 0 Å². The topological polar surface area (TPSA) is 84.2 Å². The first-order valence-electron chi connectivity index (χ1n) is 8.45. The molecule has 0 radical (unpaired) electrons. The molecule has 0 aromatic carbocycles. The van der Waals surface area contributed by atoms with E-state index in [-0.39, 0.29) is 35.7 Å². The number of hydrogen-bond acceptors (Lipinski definition) is 3. The van der Waals surface area contributed by atoms with Crippen LogP contribution in [0.4, 0.5) is 0 Å². The fraction of sp³-hybridized carbons (Fsp3) is 0.882. The van der Waals surface area contributed by atoms with Gasteiger partial charge in [0.15, 0.2) is 0 Å². The Balaban J connectivity index is 2.48. The molecule has 5 heteroatoms. The monoisotopic (exact) mass is 311 g/mol. The Morgan fingerprint density at radius 3 is 2.32 bits per heavy atom. The molecule has 1 rings (SSSR count). The van der Waals surface area contributed by atoms with Crippen LogP contribution in [0.25, 0.3) is 0 Å². The molecule has 1 aliphatic carbocycles. The van der Waals surface area contributed by atoms with Crippen molar-refractivity contribution in [2.75, 3.05) is 6.54 Å². The van der Waals surface area contributed by atoms with Crippen molar-refractivity contribution in [3.05, 3.63) is 0 Å². The molecule has 3 atom stereocenters. The normalized spacial score (nSPS) is 24.0. The first-order chi connectivity index (χ1) is 10.1. The van der Waals surface area contributed by atoms with Gasteiger partial charge in [0.2, 0.25) is 11.8 Å². The Hall–Kier alpha value is -1.10. The molecule has 0 heterocycles. The average molecular weight is 311 g/mol. The Bertz CT molecular complexity index is 388. The van der Waals surface area contributed by atoms with Crippen molar-refractivity contribution in [3.8, 4) is 0 Å². The summed E-state index contributed by atoms with van der Waals surface area (Å²) in [4.78, 5) is 23.9. The summed E-state index contributed by atoms with van der Waals surface area (Å²) >= 11 is 0. The van der Waals surface area contributed by atoms with Crippen LogP contribution < -0.4 is 16.4 Å². The van der Waals surface area contributed by atoms with Gasteiger partial charge in [-0.05, 0) is 30.1 Å². The molecule has 1 fully saturated rings. The molecule has 0 spiro atoms. The minimum atomic E-state index is -0.565. The van der Waals surface area contributed by atoms with E-state index in [1.54, 1.807) is 0 Å². The van der Waals surface area contributed by atoms with E-state index in [0.717, 1.165) is 19.3 Å². The molecule has 1 saturated carbocycles. The van der Waals surface area contributed by atoms with Crippen LogP contribution in [-0.4, -0.2) is 30.4 Å². The lowest BCUT2D eigenvalue weighted by Crippen LogP contribution is -2.51. The summed E-state index contributed by atoms with van der Waals surface area (Å²) in [7, 11) is 0. The minimum absolute atomic E-state index is 0.00656. The number of amides is 2. The van der Waals surface area contributed by atoms with Crippen molar-refractivity contribution < 1.29 is 9.59 Å². The van der Waals surface area contributed by atoms with Crippen LogP contribution in [0.2, 0.25) is 0 Å². The van der Waals surface area contributed by atoms with E-state index in [2.05, 4.69) is 31.4 Å². The first kappa shape index (κ1) is 18.9. The van der Waals surface area contributed by atoms with E-state index in [4.69, 9.17) is 5.73 Å². The van der Waals surface area contributed by atoms with Crippen LogP contribution in [0.15, 0.2) is 0 Å². The van der Waals surface area contributed by atoms with E-state index in [1.807, 2.05) is 13.8 Å². The highest BCUT2D eigenvalue weighted by molar-refractivity contribution is 5.87. The Morgan fingerprint density at radius 2 is 1.77 bits per heavy atom. The number of hydrogen-bond donors (Lipinski definition) is 3. The molecule has 2 unspecified atom stereocenters. The van der Waals surface area contributed by atoms with Gasteiger partial charge in [0.1, 0.15) is 0 Å². The summed E-state index contributed by atoms with van der Waals surface area (Å²) in [5.41, 5.74) is 5.95. The second-order valence-corrected chi connectivity index (χ2v) is 7.92. The molecule has 0 aromatic rings. The van der Waals surface area contributed by atoms with Crippen molar-refractivity contribution in [1.82, 2.24) is 10.6 Å². The zero-order valence-corrected chi connectivity index (χ0v) is 14.7. The van der Waals surface area contributed by atoms with E-state index in [1.165, 1.54) is 6.42 Å². The van der Waals surface area contributed by atoms with E-state index in [0.29, 0.717) is 5.92 Å². The highest BCUT2D eigenvalue weighted by Gasteiger charge is 2.34. The van der Waals surface area contributed by atoms with Crippen LogP contribution >= 0.6 is 0 Å². The highest BCUT2D eigenvalue weighted by atomic mass is 16.2. The fourth-order valence-electron chi connectivity index (χ4n) is 3.19. The maximum absolute atomic E-state index is 12.1. The summed E-state index contributed by atoms with van der Waals surface area (Å²) in [5, 5.41) is 5.74. The van der Waals surface area contributed by atoms with Gasteiger partial charge in [-0.2, -0.15) is 0 Å². The smallest absolute Gasteiger partial charge is 0.239 e. The maximum atomic E-state index is 12.1. The molecular weight excluding hydrogens is 278 g/mol. The van der Waals surface area contributed by atoms with Gasteiger partial charge in [0.05, 0.1) is 12.6 Å². The lowest BCUT2D eigenvalue weighted by atomic mass is 9.69. The Labute approximate surface area is 134 Å². The fourth-order valence-corrected chi connectivity index (χ4v) is 3.19. The second-order valence-electron chi connectivity index (χ2n) is 7.92. The number of nitrogens with two attached hydrogens (primary N) is 1. The number of nitrogens with one attached hydrogen (secondary N) is 2. The van der Waals surface area contributed by atoms with Gasteiger partial charge in [0.25, 0.3) is 0 Å². The second kappa shape index (κ2) is 7.95. The van der Waals surface area contributed by atoms with Gasteiger partial charge in [-0.15, -0.1) is 0 Å². The van der Waals surface area contributed by atoms with Crippen molar-refractivity contribution in [2.24, 2.45) is 23.0 Å². The molecular formula is C17H33N3O2. The molecule has 5 nitrogen and oxygen atoms in total. The predicted octanol–water partition coefficient (Wildman–Crippen LogP) is 1.81. The van der Waals surface area contributed by atoms with E-state index < -0.39 is 6.04 Å². The minimum Gasteiger partial charge on any atom is -0.352 e. The molecule has 0 saturated heterocycles. The molecule has 128 valence electrons. The quantitative estimate of drug-likeness (QED) is 0.724. The van der Waals surface area contributed by atoms with Crippen molar-refractivity contribution in [3.63, 3.8) is 0 Å². The summed E-state index contributed by atoms with van der Waals surface area (Å²) in [5.74, 6) is 0.164. The van der Waals surface area contributed by atoms with Gasteiger partial charge in [-0.1, -0.05) is 47.5 Å². The maximum Gasteiger partial charge on any atom is 0.239 e. The molecule has 22 heavy (non-hydrogen) atoms. The molecule has 4 N–H and O–H groups in total. The summed E-state index contributed by atoms with van der Waals surface area (Å²) in [6, 6.07) is -0.360. The third-order valence-electron chi connectivity index (χ3n) is 4.67. The largest absolute Gasteiger partial charge is 0.352 e. The SMILES string of the molecule is CC(C)[C@H](N)C(=O)NCC(=O)NC1CCCCC1C(C)(C)C. The van der Waals surface area contributed by atoms with Gasteiger partial charge in [-0.25, -0.2) is 0 Å². The molecule has 2 amide bonds. The van der Waals surface area contributed by atoms with Gasteiger partial charge < -0.3 is 16.4 Å². The van der Waals surface area contributed by atoms with Crippen LogP contribution in [0, 0.1) is 17.3 Å². The number of carbonyl (C=O) groups is 2. The Morgan fingerprint density at radius 1 is 1.18 bits per heavy atom. The third kappa shape index (κ3) is 5.59. The van der Waals surface area contributed by atoms with Gasteiger partial charge >= 0.3 is 0 Å². The van der Waals surface area contributed by atoms with Crippen molar-refractivity contribution >= 4 is 11.8 Å². The number of carbonyl (C=O) groups excluding carboxylic acids is 2. The van der Waals surface area contributed by atoms with E-state index in [9.17, 15) is 9.59 Å². The summed E-state index contributed by atoms with van der Waals surface area (Å²) in [6.07, 6.45) is 4.56. The zero-order chi connectivity index (χ0) is 16.9. The Kier molecular flexibility index (Phi) is 6.85. The zero-order valence-electron chi connectivity index (χ0n) is 14.7. The summed E-state index contributed by atoms with van der Waals surface area (Å²) < 4.78 is 0. The molecule has 0 aliphatic heterocycles. The lowest BCUT2D eigenvalue weighted by molar-refractivity contribution is -0.128. The van der Waals surface area contributed by atoms with Crippen molar-refractivity contribution in [2.45, 2.75) is 72.4 Å².